The van der Waals surface area contributed by atoms with E-state index in [0.717, 1.165) is 25.7 Å². The first-order valence-corrected chi connectivity index (χ1v) is 15.6. The molecule has 0 radical (unpaired) electrons. The molecule has 8 atom stereocenters. The minimum Gasteiger partial charge on any atom is -0.392 e. The van der Waals surface area contributed by atoms with Crippen LogP contribution in [-0.4, -0.2) is 48.8 Å². The highest BCUT2D eigenvalue weighted by Crippen LogP contribution is 2.48. The van der Waals surface area contributed by atoms with Crippen molar-refractivity contribution in [1.29, 1.82) is 0 Å². The molecule has 40 heavy (non-hydrogen) atoms. The van der Waals surface area contributed by atoms with Crippen molar-refractivity contribution in [3.05, 3.63) is 71.8 Å². The third kappa shape index (κ3) is 7.97. The molecule has 0 saturated heterocycles. The topological polar surface area (TPSA) is 58.9 Å². The number of aliphatic hydroxyl groups is 2. The van der Waals surface area contributed by atoms with E-state index >= 15 is 0 Å². The Labute approximate surface area is 243 Å². The van der Waals surface area contributed by atoms with Crippen LogP contribution in [0.25, 0.3) is 0 Å². The van der Waals surface area contributed by atoms with E-state index in [2.05, 4.69) is 90.1 Å². The van der Waals surface area contributed by atoms with Crippen LogP contribution >= 0.6 is 0 Å². The Kier molecular flexibility index (Phi) is 10.5. The summed E-state index contributed by atoms with van der Waals surface area (Å²) in [5.41, 5.74) is 2.84. The maximum atomic E-state index is 11.3. The fourth-order valence-corrected chi connectivity index (χ4v) is 7.15. The molecule has 0 heterocycles. The Balaban J connectivity index is 1.29. The molecule has 0 aromatic heterocycles. The van der Waals surface area contributed by atoms with E-state index in [-0.39, 0.29) is 34.5 Å². The van der Waals surface area contributed by atoms with Gasteiger partial charge in [-0.3, -0.25) is 0 Å². The molecular formula is C36H54O4. The maximum absolute atomic E-state index is 11.3. The first kappa shape index (κ1) is 31.2. The minimum atomic E-state index is -0.399. The fourth-order valence-electron chi connectivity index (χ4n) is 7.15. The first-order valence-electron chi connectivity index (χ1n) is 15.6. The number of ether oxygens (including phenoxy) is 2. The van der Waals surface area contributed by atoms with Crippen molar-refractivity contribution in [2.75, 3.05) is 26.4 Å². The molecular weight excluding hydrogens is 496 g/mol. The molecule has 4 rings (SSSR count). The molecule has 0 aliphatic heterocycles. The molecule has 8 unspecified atom stereocenters. The summed E-state index contributed by atoms with van der Waals surface area (Å²) in [6, 6.07) is 21.0. The van der Waals surface area contributed by atoms with Gasteiger partial charge in [0.05, 0.1) is 38.6 Å². The number of benzene rings is 2. The molecule has 0 spiro atoms. The molecule has 2 aliphatic rings. The third-order valence-electron chi connectivity index (χ3n) is 9.98. The van der Waals surface area contributed by atoms with Gasteiger partial charge in [-0.15, -0.1) is 0 Å². The summed E-state index contributed by atoms with van der Waals surface area (Å²) >= 11 is 0. The van der Waals surface area contributed by atoms with Crippen molar-refractivity contribution < 1.29 is 19.7 Å². The van der Waals surface area contributed by atoms with Gasteiger partial charge in [0.25, 0.3) is 0 Å². The van der Waals surface area contributed by atoms with Crippen LogP contribution in [0.15, 0.2) is 60.7 Å². The van der Waals surface area contributed by atoms with E-state index in [1.165, 1.54) is 11.1 Å². The normalized spacial score (nSPS) is 31.7. The van der Waals surface area contributed by atoms with E-state index in [1.807, 2.05) is 12.1 Å². The zero-order valence-corrected chi connectivity index (χ0v) is 25.8. The van der Waals surface area contributed by atoms with Crippen molar-refractivity contribution >= 4 is 0 Å². The lowest BCUT2D eigenvalue weighted by atomic mass is 9.63. The average Bonchev–Trinajstić information content (AvgIpc) is 2.92. The Morgan fingerprint density at radius 2 is 0.925 bits per heavy atom. The lowest BCUT2D eigenvalue weighted by Gasteiger charge is -2.44. The summed E-state index contributed by atoms with van der Waals surface area (Å²) in [4.78, 5) is 0. The fraction of sp³-hybridized carbons (Fsp3) is 0.667. The third-order valence-corrected chi connectivity index (χ3v) is 9.98. The highest BCUT2D eigenvalue weighted by molar-refractivity contribution is 5.23. The smallest absolute Gasteiger partial charge is 0.0700 e. The van der Waals surface area contributed by atoms with Crippen LogP contribution in [-0.2, 0) is 9.47 Å². The molecule has 2 aliphatic carbocycles. The molecule has 222 valence electrons. The van der Waals surface area contributed by atoms with Gasteiger partial charge < -0.3 is 19.7 Å². The van der Waals surface area contributed by atoms with Gasteiger partial charge in [0.15, 0.2) is 0 Å². The van der Waals surface area contributed by atoms with Crippen molar-refractivity contribution in [2.24, 2.45) is 34.5 Å². The molecule has 4 nitrogen and oxygen atoms in total. The van der Waals surface area contributed by atoms with Crippen LogP contribution < -0.4 is 0 Å². The van der Waals surface area contributed by atoms with Crippen molar-refractivity contribution in [2.45, 2.75) is 91.3 Å². The molecule has 0 amide bonds. The molecule has 2 aromatic carbocycles. The standard InChI is InChI=1S/C36H54O4/c1-35(2,3)29-19-27(33(37)31(21-29)25-13-9-7-10-14-25)23-39-17-18-40-24-28-20-30(36(4,5)6)22-32(34(28)38)26-15-11-8-12-16-26/h7-16,27-34,37-38H,17-24H2,1-6H3. The van der Waals surface area contributed by atoms with Gasteiger partial charge in [-0.1, -0.05) is 102 Å². The Morgan fingerprint density at radius 1 is 0.575 bits per heavy atom. The predicted octanol–water partition coefficient (Wildman–Crippen LogP) is 7.45. The van der Waals surface area contributed by atoms with Crippen LogP contribution in [0, 0.1) is 34.5 Å². The van der Waals surface area contributed by atoms with E-state index in [1.54, 1.807) is 0 Å². The van der Waals surface area contributed by atoms with Gasteiger partial charge in [-0.25, -0.2) is 0 Å². The van der Waals surface area contributed by atoms with Crippen LogP contribution in [0.4, 0.5) is 0 Å². The minimum absolute atomic E-state index is 0.113. The molecule has 2 aromatic rings. The maximum Gasteiger partial charge on any atom is 0.0700 e. The van der Waals surface area contributed by atoms with Crippen molar-refractivity contribution in [1.82, 2.24) is 0 Å². The lowest BCUT2D eigenvalue weighted by molar-refractivity contribution is -0.0635. The second-order valence-electron chi connectivity index (χ2n) is 14.8. The highest BCUT2D eigenvalue weighted by Gasteiger charge is 2.42. The number of hydrogen-bond acceptors (Lipinski definition) is 4. The van der Waals surface area contributed by atoms with Crippen LogP contribution in [0.1, 0.15) is 90.2 Å². The molecule has 2 fully saturated rings. The van der Waals surface area contributed by atoms with Gasteiger partial charge >= 0.3 is 0 Å². The van der Waals surface area contributed by atoms with Crippen LogP contribution in [0.2, 0.25) is 0 Å². The zero-order chi connectivity index (χ0) is 28.9. The average molecular weight is 551 g/mol. The molecule has 2 N–H and O–H groups in total. The summed E-state index contributed by atoms with van der Waals surface area (Å²) in [6.45, 7) is 16.0. The lowest BCUT2D eigenvalue weighted by Crippen LogP contribution is -2.42. The number of aliphatic hydroxyl groups excluding tert-OH is 2. The largest absolute Gasteiger partial charge is 0.392 e. The van der Waals surface area contributed by atoms with E-state index in [4.69, 9.17) is 9.47 Å². The van der Waals surface area contributed by atoms with Gasteiger partial charge in [-0.2, -0.15) is 0 Å². The van der Waals surface area contributed by atoms with Crippen LogP contribution in [0.3, 0.4) is 0 Å². The Bertz CT molecular complexity index is 925. The van der Waals surface area contributed by atoms with Gasteiger partial charge in [0.1, 0.15) is 0 Å². The monoisotopic (exact) mass is 550 g/mol. The van der Waals surface area contributed by atoms with Gasteiger partial charge in [0, 0.05) is 23.7 Å². The summed E-state index contributed by atoms with van der Waals surface area (Å²) in [5.74, 6) is 1.58. The summed E-state index contributed by atoms with van der Waals surface area (Å²) in [6.07, 6.45) is 3.19. The Morgan fingerprint density at radius 3 is 1.25 bits per heavy atom. The quantitative estimate of drug-likeness (QED) is 0.318. The number of rotatable bonds is 9. The molecule has 4 heteroatoms. The van der Waals surface area contributed by atoms with E-state index in [9.17, 15) is 10.2 Å². The summed E-state index contributed by atoms with van der Waals surface area (Å²) in [5, 5.41) is 22.7. The SMILES string of the molecule is CC(C)(C)C1CC(COCCOCC2CC(C(C)(C)C)CC(c3ccccc3)C2O)C(O)C(c2ccccc2)C1. The summed E-state index contributed by atoms with van der Waals surface area (Å²) < 4.78 is 12.2. The van der Waals surface area contributed by atoms with E-state index in [0.29, 0.717) is 38.3 Å². The highest BCUT2D eigenvalue weighted by atomic mass is 16.5. The van der Waals surface area contributed by atoms with E-state index < -0.39 is 12.2 Å². The number of hydrogen-bond donors (Lipinski definition) is 2. The molecule has 0 bridgehead atoms. The van der Waals surface area contributed by atoms with Crippen molar-refractivity contribution in [3.8, 4) is 0 Å². The Hall–Kier alpha value is -1.72. The first-order chi connectivity index (χ1) is 18.9. The molecule has 2 saturated carbocycles. The van der Waals surface area contributed by atoms with Gasteiger partial charge in [-0.05, 0) is 59.5 Å². The van der Waals surface area contributed by atoms with Crippen molar-refractivity contribution in [3.63, 3.8) is 0 Å². The zero-order valence-electron chi connectivity index (χ0n) is 25.8. The van der Waals surface area contributed by atoms with Crippen LogP contribution in [0.5, 0.6) is 0 Å². The summed E-state index contributed by atoms with van der Waals surface area (Å²) in [7, 11) is 0. The van der Waals surface area contributed by atoms with Gasteiger partial charge in [0.2, 0.25) is 0 Å². The second kappa shape index (κ2) is 13.5. The second-order valence-corrected chi connectivity index (χ2v) is 14.8. The predicted molar refractivity (Wildman–Crippen MR) is 163 cm³/mol.